The number of hydrogen-bond acceptors (Lipinski definition) is 8. The van der Waals surface area contributed by atoms with Crippen LogP contribution in [0.4, 0.5) is 23.0 Å². The summed E-state index contributed by atoms with van der Waals surface area (Å²) in [6, 6.07) is 12.9. The second-order valence-electron chi connectivity index (χ2n) is 5.81. The van der Waals surface area contributed by atoms with Gasteiger partial charge in [0.05, 0.1) is 16.8 Å². The number of fused-ring (bicyclic) bond motifs is 1. The Bertz CT molecular complexity index is 1130. The van der Waals surface area contributed by atoms with Crippen molar-refractivity contribution < 1.29 is 4.79 Å². The van der Waals surface area contributed by atoms with Crippen molar-refractivity contribution in [1.82, 2.24) is 25.4 Å². The molecule has 0 spiro atoms. The van der Waals surface area contributed by atoms with Crippen molar-refractivity contribution in [3.63, 3.8) is 0 Å². The number of nitrogens with two attached hydrogens (primary N) is 1. The number of para-hydroxylation sites is 1. The quantitative estimate of drug-likeness (QED) is 0.393. The van der Waals surface area contributed by atoms with Gasteiger partial charge in [-0.2, -0.15) is 0 Å². The lowest BCUT2D eigenvalue weighted by Crippen LogP contribution is -2.30. The highest BCUT2D eigenvalue weighted by Crippen LogP contribution is 2.28. The van der Waals surface area contributed by atoms with E-state index in [0.29, 0.717) is 11.4 Å². The number of rotatable bonds is 5. The predicted molar refractivity (Wildman–Crippen MR) is 107 cm³/mol. The molecule has 4 aromatic rings. The summed E-state index contributed by atoms with van der Waals surface area (Å²) in [5.74, 6) is 0.299. The molecule has 0 atom stereocenters. The predicted octanol–water partition coefficient (Wildman–Crippen LogP) is 2.50. The molecule has 0 fully saturated rings. The molecule has 4 rings (SSSR count). The van der Waals surface area contributed by atoms with Crippen molar-refractivity contribution in [3.05, 3.63) is 72.9 Å². The zero-order valence-electron chi connectivity index (χ0n) is 14.6. The number of nitrogens with one attached hydrogen (secondary N) is 3. The number of amides is 1. The number of nitrogen functional groups attached to an aromatic ring is 1. The summed E-state index contributed by atoms with van der Waals surface area (Å²) < 4.78 is 0. The van der Waals surface area contributed by atoms with Crippen LogP contribution in [0.15, 0.2) is 67.4 Å². The number of anilines is 4. The SMILES string of the molecule is Nc1c(NNC(=O)c2cccnc2)ncnc1Nc1cccc2cccnc12. The number of pyridine rings is 2. The fraction of sp³-hybridized carbons (Fsp3) is 0. The molecular formula is C19H16N8O. The molecule has 138 valence electrons. The van der Waals surface area contributed by atoms with E-state index < -0.39 is 0 Å². The van der Waals surface area contributed by atoms with Crippen molar-refractivity contribution >= 4 is 39.8 Å². The minimum Gasteiger partial charge on any atom is -0.393 e. The Morgan fingerprint density at radius 1 is 0.929 bits per heavy atom. The topological polar surface area (TPSA) is 131 Å². The number of hydrazine groups is 1. The monoisotopic (exact) mass is 372 g/mol. The molecule has 1 amide bonds. The minimum atomic E-state index is -0.362. The van der Waals surface area contributed by atoms with Gasteiger partial charge in [0.1, 0.15) is 12.0 Å². The van der Waals surface area contributed by atoms with Crippen LogP contribution in [0.25, 0.3) is 10.9 Å². The van der Waals surface area contributed by atoms with E-state index in [1.165, 1.54) is 12.5 Å². The summed E-state index contributed by atoms with van der Waals surface area (Å²) in [5.41, 5.74) is 13.6. The van der Waals surface area contributed by atoms with Gasteiger partial charge in [-0.1, -0.05) is 18.2 Å². The van der Waals surface area contributed by atoms with Crippen LogP contribution in [0.3, 0.4) is 0 Å². The lowest BCUT2D eigenvalue weighted by atomic mass is 10.2. The molecule has 3 aromatic heterocycles. The summed E-state index contributed by atoms with van der Waals surface area (Å²) in [7, 11) is 0. The van der Waals surface area contributed by atoms with Crippen molar-refractivity contribution in [2.24, 2.45) is 0 Å². The molecule has 0 aliphatic rings. The zero-order chi connectivity index (χ0) is 19.3. The standard InChI is InChI=1S/C19H16N8O/c20-15-17(25-14-7-1-4-12-5-3-9-22-16(12)14)23-11-24-18(15)26-27-19(28)13-6-2-8-21-10-13/h1-11H,20H2,(H,27,28)(H2,23,24,25,26). The first-order chi connectivity index (χ1) is 13.7. The van der Waals surface area contributed by atoms with Crippen LogP contribution in [0.1, 0.15) is 10.4 Å². The highest BCUT2D eigenvalue weighted by molar-refractivity contribution is 5.95. The molecule has 0 bridgehead atoms. The Morgan fingerprint density at radius 3 is 2.61 bits per heavy atom. The van der Waals surface area contributed by atoms with E-state index in [2.05, 4.69) is 36.1 Å². The molecule has 0 saturated heterocycles. The van der Waals surface area contributed by atoms with Crippen LogP contribution in [0, 0.1) is 0 Å². The maximum atomic E-state index is 12.1. The summed E-state index contributed by atoms with van der Waals surface area (Å²) in [4.78, 5) is 28.7. The van der Waals surface area contributed by atoms with Crippen LogP contribution < -0.4 is 21.9 Å². The van der Waals surface area contributed by atoms with E-state index in [0.717, 1.165) is 16.6 Å². The lowest BCUT2D eigenvalue weighted by molar-refractivity contribution is 0.0962. The summed E-state index contributed by atoms with van der Waals surface area (Å²) in [5, 5.41) is 4.16. The van der Waals surface area contributed by atoms with E-state index in [-0.39, 0.29) is 17.4 Å². The highest BCUT2D eigenvalue weighted by Gasteiger charge is 2.12. The van der Waals surface area contributed by atoms with Gasteiger partial charge in [0.25, 0.3) is 5.91 Å². The largest absolute Gasteiger partial charge is 0.393 e. The smallest absolute Gasteiger partial charge is 0.271 e. The van der Waals surface area contributed by atoms with Crippen molar-refractivity contribution in [2.75, 3.05) is 16.5 Å². The van der Waals surface area contributed by atoms with E-state index >= 15 is 0 Å². The van der Waals surface area contributed by atoms with Gasteiger partial charge in [-0.15, -0.1) is 0 Å². The molecule has 3 heterocycles. The van der Waals surface area contributed by atoms with Gasteiger partial charge in [-0.25, -0.2) is 9.97 Å². The molecule has 1 aromatic carbocycles. The molecule has 0 aliphatic heterocycles. The van der Waals surface area contributed by atoms with Gasteiger partial charge >= 0.3 is 0 Å². The summed E-state index contributed by atoms with van der Waals surface area (Å²) in [6.45, 7) is 0. The second kappa shape index (κ2) is 7.54. The summed E-state index contributed by atoms with van der Waals surface area (Å²) in [6.07, 6.45) is 6.11. The molecular weight excluding hydrogens is 356 g/mol. The highest BCUT2D eigenvalue weighted by atomic mass is 16.2. The normalized spacial score (nSPS) is 10.4. The number of nitrogens with zero attached hydrogens (tertiary/aromatic N) is 4. The Hall–Kier alpha value is -4.27. The third-order valence-electron chi connectivity index (χ3n) is 3.99. The van der Waals surface area contributed by atoms with Gasteiger partial charge in [0.15, 0.2) is 11.6 Å². The third kappa shape index (κ3) is 3.49. The van der Waals surface area contributed by atoms with Gasteiger partial charge in [0, 0.05) is 24.0 Å². The minimum absolute atomic E-state index is 0.252. The molecule has 9 heteroatoms. The van der Waals surface area contributed by atoms with Gasteiger partial charge in [0.2, 0.25) is 0 Å². The van der Waals surface area contributed by atoms with E-state index in [4.69, 9.17) is 5.73 Å². The number of hydrogen-bond donors (Lipinski definition) is 4. The molecule has 0 unspecified atom stereocenters. The maximum Gasteiger partial charge on any atom is 0.271 e. The molecule has 5 N–H and O–H groups in total. The Labute approximate surface area is 160 Å². The summed E-state index contributed by atoms with van der Waals surface area (Å²) >= 11 is 0. The van der Waals surface area contributed by atoms with E-state index in [1.54, 1.807) is 24.5 Å². The van der Waals surface area contributed by atoms with Crippen molar-refractivity contribution in [3.8, 4) is 0 Å². The van der Waals surface area contributed by atoms with Crippen molar-refractivity contribution in [1.29, 1.82) is 0 Å². The molecule has 0 radical (unpaired) electrons. The molecule has 0 aliphatic carbocycles. The number of carbonyl (C=O) groups excluding carboxylic acids is 1. The van der Waals surface area contributed by atoms with Crippen LogP contribution >= 0.6 is 0 Å². The maximum absolute atomic E-state index is 12.1. The molecule has 28 heavy (non-hydrogen) atoms. The first-order valence-corrected chi connectivity index (χ1v) is 8.40. The third-order valence-corrected chi connectivity index (χ3v) is 3.99. The molecule has 9 nitrogen and oxygen atoms in total. The fourth-order valence-electron chi connectivity index (χ4n) is 2.61. The Morgan fingerprint density at radius 2 is 1.75 bits per heavy atom. The van der Waals surface area contributed by atoms with Gasteiger partial charge < -0.3 is 11.1 Å². The fourth-order valence-corrected chi connectivity index (χ4v) is 2.61. The van der Waals surface area contributed by atoms with Gasteiger partial charge in [-0.05, 0) is 24.3 Å². The van der Waals surface area contributed by atoms with Crippen LogP contribution in [-0.2, 0) is 0 Å². The number of carbonyl (C=O) groups is 1. The van der Waals surface area contributed by atoms with E-state index in [9.17, 15) is 4.79 Å². The first kappa shape index (κ1) is 17.2. The average Bonchev–Trinajstić information content (AvgIpc) is 2.75. The van der Waals surface area contributed by atoms with E-state index in [1.807, 2.05) is 30.3 Å². The number of aromatic nitrogens is 4. The lowest BCUT2D eigenvalue weighted by Gasteiger charge is -2.14. The van der Waals surface area contributed by atoms with Crippen molar-refractivity contribution in [2.45, 2.75) is 0 Å². The van der Waals surface area contributed by atoms with Crippen LogP contribution in [0.5, 0.6) is 0 Å². The van der Waals surface area contributed by atoms with Crippen LogP contribution in [-0.4, -0.2) is 25.8 Å². The molecule has 0 saturated carbocycles. The average molecular weight is 372 g/mol. The Balaban J connectivity index is 1.54. The zero-order valence-corrected chi connectivity index (χ0v) is 14.6. The first-order valence-electron chi connectivity index (χ1n) is 8.40. The van der Waals surface area contributed by atoms with Crippen LogP contribution in [0.2, 0.25) is 0 Å². The van der Waals surface area contributed by atoms with Gasteiger partial charge in [-0.3, -0.25) is 25.6 Å². The number of benzene rings is 1. The Kier molecular flexibility index (Phi) is 4.62. The second-order valence-corrected chi connectivity index (χ2v) is 5.81.